The Labute approximate surface area is 214 Å². The summed E-state index contributed by atoms with van der Waals surface area (Å²) in [7, 11) is 0. The van der Waals surface area contributed by atoms with Crippen LogP contribution in [0.5, 0.6) is 0 Å². The Hall–Kier alpha value is -2.18. The van der Waals surface area contributed by atoms with E-state index in [0.717, 1.165) is 28.9 Å². The average molecular weight is 503 g/mol. The van der Waals surface area contributed by atoms with Crippen molar-refractivity contribution >= 4 is 22.7 Å². The van der Waals surface area contributed by atoms with Crippen molar-refractivity contribution in [2.75, 3.05) is 0 Å². The number of thiazole rings is 1. The highest BCUT2D eigenvalue weighted by atomic mass is 32.1. The molecule has 0 aliphatic rings. The Morgan fingerprint density at radius 1 is 0.441 bits per heavy atom. The van der Waals surface area contributed by atoms with Gasteiger partial charge in [-0.15, -0.1) is 22.7 Å². The van der Waals surface area contributed by atoms with Crippen molar-refractivity contribution in [1.82, 2.24) is 9.97 Å². The molecule has 4 aromatic rings. The maximum Gasteiger partial charge on any atom is 0.191 e. The first-order chi connectivity index (χ1) is 15.6. The predicted octanol–water partition coefficient (Wildman–Crippen LogP) is 9.16. The zero-order chi connectivity index (χ0) is 26.3. The highest BCUT2D eigenvalue weighted by molar-refractivity contribution is 7.12. The first-order valence-corrected chi connectivity index (χ1v) is 13.2. The van der Waals surface area contributed by atoms with Gasteiger partial charge in [0.15, 0.2) is 5.89 Å². The van der Waals surface area contributed by atoms with E-state index in [1.807, 2.05) is 59.8 Å². The molecule has 4 rings (SSSR count). The van der Waals surface area contributed by atoms with Crippen molar-refractivity contribution in [3.05, 3.63) is 76.5 Å². The zero-order valence-corrected chi connectivity index (χ0v) is 25.2. The van der Waals surface area contributed by atoms with Gasteiger partial charge in [-0.3, -0.25) is 0 Å². The smallest absolute Gasteiger partial charge is 0.191 e. The Balaban J connectivity index is 0.000000227. The van der Waals surface area contributed by atoms with Gasteiger partial charge in [-0.05, 0) is 112 Å². The summed E-state index contributed by atoms with van der Waals surface area (Å²) in [5.74, 6) is 3.76. The van der Waals surface area contributed by atoms with Crippen LogP contribution in [0.1, 0.15) is 76.5 Å². The zero-order valence-electron chi connectivity index (χ0n) is 23.5. The van der Waals surface area contributed by atoms with Crippen LogP contribution in [-0.2, 0) is 0 Å². The van der Waals surface area contributed by atoms with Crippen LogP contribution >= 0.6 is 22.7 Å². The summed E-state index contributed by atoms with van der Waals surface area (Å²) >= 11 is 3.65. The third-order valence-electron chi connectivity index (χ3n) is 6.12. The molecule has 0 fully saturated rings. The fourth-order valence-corrected chi connectivity index (χ4v) is 4.98. The van der Waals surface area contributed by atoms with Gasteiger partial charge in [0, 0.05) is 21.6 Å². The number of hydrogen-bond acceptors (Lipinski definition) is 6. The Morgan fingerprint density at radius 3 is 1.03 bits per heavy atom. The fourth-order valence-electron chi connectivity index (χ4n) is 3.09. The van der Waals surface area contributed by atoms with Gasteiger partial charge in [0.1, 0.15) is 17.3 Å². The lowest BCUT2D eigenvalue weighted by atomic mass is 10.2. The molecule has 188 valence electrons. The minimum atomic E-state index is 0.750. The monoisotopic (exact) mass is 502 g/mol. The number of furan rings is 1. The van der Waals surface area contributed by atoms with Crippen LogP contribution in [0.25, 0.3) is 0 Å². The summed E-state index contributed by atoms with van der Waals surface area (Å²) in [4.78, 5) is 12.5. The molecule has 4 nitrogen and oxygen atoms in total. The van der Waals surface area contributed by atoms with E-state index < -0.39 is 0 Å². The third kappa shape index (κ3) is 8.55. The molecule has 0 saturated carbocycles. The quantitative estimate of drug-likeness (QED) is 0.240. The van der Waals surface area contributed by atoms with Gasteiger partial charge in [0.05, 0.1) is 16.4 Å². The summed E-state index contributed by atoms with van der Waals surface area (Å²) < 4.78 is 10.4. The SMILES string of the molecule is Cc1nc(C)c(C)o1.Cc1nc(C)c(C)s1.Cc1oc(C)c(C)c1C.Cc1sc(C)c(C)c1C. The number of hydrogen-bond donors (Lipinski definition) is 0. The maximum absolute atomic E-state index is 5.34. The van der Waals surface area contributed by atoms with Crippen LogP contribution in [0.3, 0.4) is 0 Å². The van der Waals surface area contributed by atoms with E-state index in [9.17, 15) is 0 Å². The van der Waals surface area contributed by atoms with Crippen LogP contribution in [-0.4, -0.2) is 9.97 Å². The van der Waals surface area contributed by atoms with Crippen molar-refractivity contribution in [1.29, 1.82) is 0 Å². The molecule has 0 unspecified atom stereocenters. The molecule has 0 spiro atoms. The van der Waals surface area contributed by atoms with Crippen molar-refractivity contribution < 1.29 is 8.83 Å². The van der Waals surface area contributed by atoms with Crippen molar-refractivity contribution in [3.8, 4) is 0 Å². The van der Waals surface area contributed by atoms with E-state index in [2.05, 4.69) is 58.4 Å². The molecule has 0 aliphatic carbocycles. The molecule has 0 atom stereocenters. The van der Waals surface area contributed by atoms with Gasteiger partial charge in [-0.25, -0.2) is 9.97 Å². The largest absolute Gasteiger partial charge is 0.466 e. The number of nitrogens with zero attached hydrogens (tertiary/aromatic N) is 2. The minimum absolute atomic E-state index is 0.750. The highest BCUT2D eigenvalue weighted by Crippen LogP contribution is 2.24. The molecule has 0 saturated heterocycles. The third-order valence-corrected chi connectivity index (χ3v) is 8.33. The fraction of sp³-hybridized carbons (Fsp3) is 0.500. The molecular formula is C28H42N2O2S2. The minimum Gasteiger partial charge on any atom is -0.466 e. The molecule has 0 aromatic carbocycles. The first-order valence-electron chi connectivity index (χ1n) is 11.5. The number of thiophene rings is 1. The lowest BCUT2D eigenvalue weighted by molar-refractivity contribution is 0.493. The van der Waals surface area contributed by atoms with Crippen molar-refractivity contribution in [2.45, 2.75) is 96.9 Å². The van der Waals surface area contributed by atoms with Crippen molar-refractivity contribution in [2.24, 2.45) is 0 Å². The number of aryl methyl sites for hydroxylation is 10. The number of rotatable bonds is 0. The van der Waals surface area contributed by atoms with Gasteiger partial charge in [-0.2, -0.15) is 0 Å². The average Bonchev–Trinajstić information content (AvgIpc) is 3.36. The van der Waals surface area contributed by atoms with Crippen LogP contribution in [0, 0.1) is 96.9 Å². The van der Waals surface area contributed by atoms with E-state index >= 15 is 0 Å². The Kier molecular flexibility index (Phi) is 11.5. The summed E-state index contributed by atoms with van der Waals surface area (Å²) in [6, 6.07) is 0. The molecule has 34 heavy (non-hydrogen) atoms. The van der Waals surface area contributed by atoms with Gasteiger partial charge in [0.25, 0.3) is 0 Å². The second-order valence-corrected chi connectivity index (χ2v) is 11.5. The molecule has 4 heterocycles. The van der Waals surface area contributed by atoms with Crippen LogP contribution in [0.2, 0.25) is 0 Å². The van der Waals surface area contributed by atoms with Gasteiger partial charge in [-0.1, -0.05) is 0 Å². The Morgan fingerprint density at radius 2 is 0.912 bits per heavy atom. The van der Waals surface area contributed by atoms with Crippen LogP contribution < -0.4 is 0 Å². The Bertz CT molecular complexity index is 1030. The van der Waals surface area contributed by atoms with Gasteiger partial charge >= 0.3 is 0 Å². The molecule has 4 aromatic heterocycles. The summed E-state index contributed by atoms with van der Waals surface area (Å²) in [6.07, 6.45) is 0. The second-order valence-electron chi connectivity index (χ2n) is 8.68. The molecular weight excluding hydrogens is 460 g/mol. The molecule has 0 amide bonds. The summed E-state index contributed by atoms with van der Waals surface area (Å²) in [5, 5.41) is 1.17. The van der Waals surface area contributed by atoms with Crippen molar-refractivity contribution in [3.63, 3.8) is 0 Å². The second kappa shape index (κ2) is 13.1. The van der Waals surface area contributed by atoms with E-state index in [0.29, 0.717) is 0 Å². The molecule has 0 aliphatic heterocycles. The molecule has 0 radical (unpaired) electrons. The topological polar surface area (TPSA) is 52.1 Å². The van der Waals surface area contributed by atoms with Gasteiger partial charge < -0.3 is 8.83 Å². The first kappa shape index (κ1) is 29.9. The van der Waals surface area contributed by atoms with Crippen LogP contribution in [0.4, 0.5) is 0 Å². The molecule has 6 heteroatoms. The summed E-state index contributed by atoms with van der Waals surface area (Å²) in [6.45, 7) is 28.8. The predicted molar refractivity (Wildman–Crippen MR) is 148 cm³/mol. The number of aromatic nitrogens is 2. The maximum atomic E-state index is 5.34. The number of oxazole rings is 1. The van der Waals surface area contributed by atoms with E-state index in [4.69, 9.17) is 8.83 Å². The molecule has 0 N–H and O–H groups in total. The van der Waals surface area contributed by atoms with E-state index in [1.165, 1.54) is 47.6 Å². The lowest BCUT2D eigenvalue weighted by Gasteiger charge is -1.88. The van der Waals surface area contributed by atoms with Crippen LogP contribution in [0.15, 0.2) is 8.83 Å². The highest BCUT2D eigenvalue weighted by Gasteiger charge is 2.04. The standard InChI is InChI=1S/C8H12O.C8H12S.C6H9NO.C6H9NS/c2*1-5-6(2)8(4)9-7(5)3;2*1-4-5(2)8-6(3)7-4/h2*1-4H3;2*1-3H3. The van der Waals surface area contributed by atoms with E-state index in [1.54, 1.807) is 11.3 Å². The van der Waals surface area contributed by atoms with E-state index in [-0.39, 0.29) is 0 Å². The summed E-state index contributed by atoms with van der Waals surface area (Å²) in [5.41, 5.74) is 7.67. The van der Waals surface area contributed by atoms with Gasteiger partial charge in [0.2, 0.25) is 0 Å². The lowest BCUT2D eigenvalue weighted by Crippen LogP contribution is -1.73. The molecule has 0 bridgehead atoms. The normalized spacial score (nSPS) is 10.1.